The van der Waals surface area contributed by atoms with Gasteiger partial charge in [-0.3, -0.25) is 4.72 Å². The Kier molecular flexibility index (Phi) is 8.26. The molecule has 0 radical (unpaired) electrons. The highest BCUT2D eigenvalue weighted by molar-refractivity contribution is 7.85. The molecular weight excluding hydrogens is 386 g/mol. The maximum absolute atomic E-state index is 11.2. The van der Waals surface area contributed by atoms with Crippen molar-refractivity contribution in [1.29, 1.82) is 0 Å². The van der Waals surface area contributed by atoms with E-state index < -0.39 is 11.0 Å². The first kappa shape index (κ1) is 22.5. The van der Waals surface area contributed by atoms with E-state index in [9.17, 15) is 4.21 Å². The van der Waals surface area contributed by atoms with E-state index in [0.29, 0.717) is 5.82 Å². The van der Waals surface area contributed by atoms with Crippen LogP contribution in [0.3, 0.4) is 0 Å². The van der Waals surface area contributed by atoms with E-state index in [1.807, 2.05) is 44.6 Å². The molecule has 8 nitrogen and oxygen atoms in total. The average Bonchev–Trinajstić information content (AvgIpc) is 3.30. The van der Waals surface area contributed by atoms with Crippen LogP contribution in [-0.4, -0.2) is 39.7 Å². The molecule has 0 aliphatic rings. The number of hydrogen-bond donors (Lipinski definition) is 1. The predicted molar refractivity (Wildman–Crippen MR) is 118 cm³/mol. The van der Waals surface area contributed by atoms with Crippen molar-refractivity contribution in [3.63, 3.8) is 0 Å². The number of fused-ring (bicyclic) bond motifs is 2. The topological polar surface area (TPSA) is 89.5 Å². The minimum absolute atomic E-state index is 0.276. The molecule has 0 bridgehead atoms. The van der Waals surface area contributed by atoms with Crippen molar-refractivity contribution in [2.24, 2.45) is 0 Å². The van der Waals surface area contributed by atoms with Gasteiger partial charge >= 0.3 is 0 Å². The summed E-state index contributed by atoms with van der Waals surface area (Å²) in [5.74, 6) is 0.924. The fraction of sp³-hybridized carbons (Fsp3) is 0.400. The van der Waals surface area contributed by atoms with Gasteiger partial charge < -0.3 is 0 Å². The predicted octanol–water partition coefficient (Wildman–Crippen LogP) is 3.88. The van der Waals surface area contributed by atoms with E-state index in [1.165, 1.54) is 5.56 Å². The number of rotatable bonds is 4. The summed E-state index contributed by atoms with van der Waals surface area (Å²) in [4.78, 5) is 8.50. The van der Waals surface area contributed by atoms with Gasteiger partial charge in [0.2, 0.25) is 0 Å². The van der Waals surface area contributed by atoms with Crippen molar-refractivity contribution in [3.8, 4) is 0 Å². The number of aryl methyl sites for hydroxylation is 1. The van der Waals surface area contributed by atoms with E-state index in [1.54, 1.807) is 27.7 Å². The Morgan fingerprint density at radius 3 is 2.28 bits per heavy atom. The third-order valence-electron chi connectivity index (χ3n) is 3.98. The molecule has 1 N–H and O–H groups in total. The van der Waals surface area contributed by atoms with Crippen LogP contribution in [0.15, 0.2) is 43.1 Å². The Hall–Kier alpha value is -2.81. The standard InChI is InChI=1S/C10H14N4OS.C8H9N3.C2H6/c1-7(2)8-9(13-16(3)15)12-14-6-4-5-11-10(8)14;1-2-7-6-10-11-5-3-4-9-8(7)11;1-2/h4-7H,1-3H3,(H,12,13);3-6H,2H2,1H3;1-2H3. The lowest BCUT2D eigenvalue weighted by Gasteiger charge is -2.05. The Morgan fingerprint density at radius 2 is 1.69 bits per heavy atom. The zero-order valence-electron chi connectivity index (χ0n) is 17.8. The number of nitrogens with one attached hydrogen (secondary N) is 1. The Balaban J connectivity index is 0.000000201. The van der Waals surface area contributed by atoms with Crippen LogP contribution in [0.4, 0.5) is 5.82 Å². The molecular formula is C20H29N7OS. The summed E-state index contributed by atoms with van der Waals surface area (Å²) in [6.07, 6.45) is 11.7. The lowest BCUT2D eigenvalue weighted by atomic mass is 10.1. The molecule has 0 fully saturated rings. The first-order valence-electron chi connectivity index (χ1n) is 9.71. The first-order chi connectivity index (χ1) is 14.0. The van der Waals surface area contributed by atoms with Crippen LogP contribution in [0, 0.1) is 0 Å². The van der Waals surface area contributed by atoms with Gasteiger partial charge in [0.1, 0.15) is 11.0 Å². The van der Waals surface area contributed by atoms with Gasteiger partial charge in [0.05, 0.1) is 6.20 Å². The van der Waals surface area contributed by atoms with Crippen molar-refractivity contribution in [2.45, 2.75) is 47.0 Å². The number of aromatic nitrogens is 6. The zero-order chi connectivity index (χ0) is 21.4. The van der Waals surface area contributed by atoms with Crippen LogP contribution in [-0.2, 0) is 17.4 Å². The lowest BCUT2D eigenvalue weighted by Crippen LogP contribution is -2.04. The van der Waals surface area contributed by atoms with Crippen molar-refractivity contribution in [2.75, 3.05) is 11.0 Å². The van der Waals surface area contributed by atoms with Crippen LogP contribution in [0.25, 0.3) is 11.3 Å². The smallest absolute Gasteiger partial charge is 0.165 e. The average molecular weight is 416 g/mol. The fourth-order valence-corrected chi connectivity index (χ4v) is 3.20. The lowest BCUT2D eigenvalue weighted by molar-refractivity contribution is 0.689. The van der Waals surface area contributed by atoms with Gasteiger partial charge in [-0.1, -0.05) is 34.6 Å². The SMILES string of the molecule is CC.CC(C)c1c(NS(C)=O)nn2cccnc12.CCc1cnn2cccnc12. The van der Waals surface area contributed by atoms with Crippen molar-refractivity contribution in [1.82, 2.24) is 29.2 Å². The van der Waals surface area contributed by atoms with Gasteiger partial charge in [0.25, 0.3) is 0 Å². The summed E-state index contributed by atoms with van der Waals surface area (Å²) in [6, 6.07) is 3.69. The molecule has 0 aliphatic heterocycles. The molecule has 9 heteroatoms. The zero-order valence-corrected chi connectivity index (χ0v) is 18.6. The quantitative estimate of drug-likeness (QED) is 0.546. The monoisotopic (exact) mass is 415 g/mol. The number of anilines is 1. The van der Waals surface area contributed by atoms with Gasteiger partial charge in [-0.15, -0.1) is 5.10 Å². The number of nitrogens with zero attached hydrogens (tertiary/aromatic N) is 6. The van der Waals surface area contributed by atoms with E-state index in [0.717, 1.165) is 23.3 Å². The molecule has 4 aromatic rings. The summed E-state index contributed by atoms with van der Waals surface area (Å²) < 4.78 is 17.5. The number of hydrogen-bond acceptors (Lipinski definition) is 5. The molecule has 29 heavy (non-hydrogen) atoms. The van der Waals surface area contributed by atoms with Crippen molar-refractivity contribution >= 4 is 28.1 Å². The molecule has 0 spiro atoms. The van der Waals surface area contributed by atoms with Gasteiger partial charge in [0.15, 0.2) is 17.1 Å². The van der Waals surface area contributed by atoms with Gasteiger partial charge in [-0.05, 0) is 24.5 Å². The minimum atomic E-state index is -1.12. The molecule has 0 aromatic carbocycles. The molecule has 156 valence electrons. The third kappa shape index (κ3) is 5.38. The van der Waals surface area contributed by atoms with E-state index in [2.05, 4.69) is 45.7 Å². The summed E-state index contributed by atoms with van der Waals surface area (Å²) in [7, 11) is -1.12. The molecule has 4 rings (SSSR count). The second kappa shape index (κ2) is 10.7. The molecule has 0 saturated carbocycles. The third-order valence-corrected chi connectivity index (χ3v) is 4.46. The first-order valence-corrected chi connectivity index (χ1v) is 11.3. The van der Waals surface area contributed by atoms with E-state index in [-0.39, 0.29) is 5.92 Å². The Labute approximate surface area is 174 Å². The summed E-state index contributed by atoms with van der Waals surface area (Å²) in [5, 5.41) is 8.47. The van der Waals surface area contributed by atoms with Gasteiger partial charge in [0, 0.05) is 42.2 Å². The van der Waals surface area contributed by atoms with Crippen LogP contribution in [0.5, 0.6) is 0 Å². The van der Waals surface area contributed by atoms with Crippen molar-refractivity contribution in [3.05, 3.63) is 54.2 Å². The summed E-state index contributed by atoms with van der Waals surface area (Å²) >= 11 is 0. The molecule has 4 heterocycles. The summed E-state index contributed by atoms with van der Waals surface area (Å²) in [6.45, 7) is 10.2. The van der Waals surface area contributed by atoms with Crippen LogP contribution in [0.2, 0.25) is 0 Å². The molecule has 0 saturated heterocycles. The maximum atomic E-state index is 11.2. The maximum Gasteiger partial charge on any atom is 0.165 e. The van der Waals surface area contributed by atoms with Gasteiger partial charge in [-0.2, -0.15) is 5.10 Å². The molecule has 0 amide bonds. The Bertz CT molecular complexity index is 1070. The molecule has 4 aromatic heterocycles. The highest BCUT2D eigenvalue weighted by atomic mass is 32.2. The van der Waals surface area contributed by atoms with Crippen LogP contribution < -0.4 is 4.72 Å². The minimum Gasteiger partial charge on any atom is -0.288 e. The van der Waals surface area contributed by atoms with E-state index >= 15 is 0 Å². The van der Waals surface area contributed by atoms with Crippen LogP contribution in [0.1, 0.15) is 51.7 Å². The highest BCUT2D eigenvalue weighted by Crippen LogP contribution is 2.26. The second-order valence-corrected chi connectivity index (χ2v) is 7.38. The normalized spacial score (nSPS) is 11.6. The fourth-order valence-electron chi connectivity index (χ4n) is 2.77. The molecule has 1 unspecified atom stereocenters. The largest absolute Gasteiger partial charge is 0.288 e. The van der Waals surface area contributed by atoms with Crippen molar-refractivity contribution < 1.29 is 4.21 Å². The second-order valence-electron chi connectivity index (χ2n) is 6.27. The Morgan fingerprint density at radius 1 is 1.07 bits per heavy atom. The summed E-state index contributed by atoms with van der Waals surface area (Å²) in [5.41, 5.74) is 3.97. The molecule has 1 atom stereocenters. The van der Waals surface area contributed by atoms with Gasteiger partial charge in [-0.25, -0.2) is 23.2 Å². The highest BCUT2D eigenvalue weighted by Gasteiger charge is 2.16. The van der Waals surface area contributed by atoms with Crippen LogP contribution >= 0.6 is 0 Å². The molecule has 0 aliphatic carbocycles. The van der Waals surface area contributed by atoms with E-state index in [4.69, 9.17) is 0 Å².